The zero-order valence-electron chi connectivity index (χ0n) is 16.0. The maximum Gasteiger partial charge on any atom is 0.333 e. The molecule has 2 aromatic rings. The molecule has 1 N–H and O–H groups in total. The summed E-state index contributed by atoms with van der Waals surface area (Å²) < 4.78 is 9.78. The molecule has 2 atom stereocenters. The van der Waals surface area contributed by atoms with Gasteiger partial charge in [0.25, 0.3) is 0 Å². The predicted octanol–water partition coefficient (Wildman–Crippen LogP) is 4.10. The second kappa shape index (κ2) is 9.77. The first kappa shape index (κ1) is 21.3. The monoisotopic (exact) mass is 408 g/mol. The summed E-state index contributed by atoms with van der Waals surface area (Å²) in [6, 6.07) is 0. The van der Waals surface area contributed by atoms with Crippen LogP contribution in [0.1, 0.15) is 37.4 Å². The molecule has 0 aromatic carbocycles. The maximum atomic E-state index is 11.4. The van der Waals surface area contributed by atoms with Crippen molar-refractivity contribution in [1.29, 1.82) is 0 Å². The standard InChI is InChI=1S/C19H24N2O4S2/c1-11(2)18-21-14(10-27-18)19-20-13(9-26-19)6-7-15(22)12(3)16(24-4)8-17(23)25-5/h6-12,15,22H,1-5H3. The van der Waals surface area contributed by atoms with Crippen LogP contribution in [-0.2, 0) is 14.3 Å². The quantitative estimate of drug-likeness (QED) is 0.402. The van der Waals surface area contributed by atoms with Crippen molar-refractivity contribution < 1.29 is 19.4 Å². The minimum atomic E-state index is -0.835. The molecule has 0 saturated carbocycles. The summed E-state index contributed by atoms with van der Waals surface area (Å²) in [6.07, 6.45) is 3.78. The summed E-state index contributed by atoms with van der Waals surface area (Å²) in [7, 11) is 2.74. The van der Waals surface area contributed by atoms with E-state index in [1.165, 1.54) is 31.6 Å². The van der Waals surface area contributed by atoms with Gasteiger partial charge in [-0.05, 0) is 6.08 Å². The third-order valence-electron chi connectivity index (χ3n) is 3.88. The molecule has 2 unspecified atom stereocenters. The third kappa shape index (κ3) is 5.72. The number of hydrogen-bond donors (Lipinski definition) is 1. The summed E-state index contributed by atoms with van der Waals surface area (Å²) in [5.41, 5.74) is 1.63. The summed E-state index contributed by atoms with van der Waals surface area (Å²) in [4.78, 5) is 20.5. The van der Waals surface area contributed by atoms with Crippen LogP contribution in [-0.4, -0.2) is 41.4 Å². The topological polar surface area (TPSA) is 81.5 Å². The second-order valence-corrected chi connectivity index (χ2v) is 7.96. The average molecular weight is 409 g/mol. The van der Waals surface area contributed by atoms with Crippen molar-refractivity contribution in [2.24, 2.45) is 5.92 Å². The average Bonchev–Trinajstić information content (AvgIpc) is 3.32. The fraction of sp³-hybridized carbons (Fsp3) is 0.421. The molecule has 146 valence electrons. The Hall–Kier alpha value is -2.03. The highest BCUT2D eigenvalue weighted by atomic mass is 32.1. The van der Waals surface area contributed by atoms with Crippen molar-refractivity contribution in [3.8, 4) is 10.7 Å². The van der Waals surface area contributed by atoms with Gasteiger partial charge in [0.1, 0.15) is 16.5 Å². The molecule has 0 amide bonds. The Balaban J connectivity index is 2.07. The van der Waals surface area contributed by atoms with E-state index in [9.17, 15) is 9.90 Å². The molecule has 27 heavy (non-hydrogen) atoms. The van der Waals surface area contributed by atoms with Crippen molar-refractivity contribution in [2.75, 3.05) is 14.2 Å². The van der Waals surface area contributed by atoms with Crippen molar-refractivity contribution in [1.82, 2.24) is 9.97 Å². The number of nitrogens with zero attached hydrogens (tertiary/aromatic N) is 2. The zero-order valence-corrected chi connectivity index (χ0v) is 17.6. The normalized spacial score (nSPS) is 14.6. The minimum Gasteiger partial charge on any atom is -0.500 e. The molecule has 0 fully saturated rings. The van der Waals surface area contributed by atoms with Crippen molar-refractivity contribution >= 4 is 34.7 Å². The van der Waals surface area contributed by atoms with Crippen LogP contribution in [0.3, 0.4) is 0 Å². The lowest BCUT2D eigenvalue weighted by Gasteiger charge is -2.17. The molecule has 0 saturated heterocycles. The number of methoxy groups -OCH3 is 2. The maximum absolute atomic E-state index is 11.4. The van der Waals surface area contributed by atoms with E-state index in [2.05, 4.69) is 28.6 Å². The number of rotatable bonds is 8. The van der Waals surface area contributed by atoms with Gasteiger partial charge in [0.2, 0.25) is 0 Å². The van der Waals surface area contributed by atoms with Gasteiger partial charge in [0.15, 0.2) is 0 Å². The van der Waals surface area contributed by atoms with E-state index in [0.29, 0.717) is 11.7 Å². The van der Waals surface area contributed by atoms with Crippen molar-refractivity contribution in [2.45, 2.75) is 32.8 Å². The Morgan fingerprint density at radius 2 is 1.89 bits per heavy atom. The number of carbonyl (C=O) groups excluding carboxylic acids is 1. The van der Waals surface area contributed by atoms with E-state index in [4.69, 9.17) is 4.74 Å². The zero-order chi connectivity index (χ0) is 20.0. The van der Waals surface area contributed by atoms with Gasteiger partial charge in [-0.25, -0.2) is 14.8 Å². The molecule has 0 aliphatic rings. The van der Waals surface area contributed by atoms with Crippen molar-refractivity contribution in [3.63, 3.8) is 0 Å². The predicted molar refractivity (Wildman–Crippen MR) is 109 cm³/mol. The molecule has 6 nitrogen and oxygen atoms in total. The number of thiazole rings is 2. The lowest BCUT2D eigenvalue weighted by Crippen LogP contribution is -2.19. The van der Waals surface area contributed by atoms with E-state index in [1.54, 1.807) is 30.4 Å². The number of aromatic nitrogens is 2. The van der Waals surface area contributed by atoms with Gasteiger partial charge < -0.3 is 14.6 Å². The summed E-state index contributed by atoms with van der Waals surface area (Å²) >= 11 is 3.15. The first-order valence-electron chi connectivity index (χ1n) is 8.46. The van der Waals surface area contributed by atoms with Crippen LogP contribution in [0.15, 0.2) is 28.7 Å². The molecule has 2 aromatic heterocycles. The molecule has 0 spiro atoms. The Morgan fingerprint density at radius 3 is 2.48 bits per heavy atom. The van der Waals surface area contributed by atoms with Crippen LogP contribution in [0.25, 0.3) is 16.8 Å². The van der Waals surface area contributed by atoms with Gasteiger partial charge in [-0.2, -0.15) is 0 Å². The molecule has 2 rings (SSSR count). The second-order valence-electron chi connectivity index (χ2n) is 6.22. The first-order chi connectivity index (χ1) is 12.8. The summed E-state index contributed by atoms with van der Waals surface area (Å²) in [5.74, 6) is -0.187. The molecule has 2 heterocycles. The number of carbonyl (C=O) groups is 1. The number of aliphatic hydroxyl groups excluding tert-OH is 1. The highest BCUT2D eigenvalue weighted by molar-refractivity contribution is 7.14. The molecule has 0 bridgehead atoms. The lowest BCUT2D eigenvalue weighted by molar-refractivity contribution is -0.135. The van der Waals surface area contributed by atoms with Gasteiger partial charge >= 0.3 is 5.97 Å². The number of ether oxygens (including phenoxy) is 2. The number of aliphatic hydroxyl groups is 1. The lowest BCUT2D eigenvalue weighted by atomic mass is 10.0. The first-order valence-corrected chi connectivity index (χ1v) is 10.2. The molecule has 0 aliphatic heterocycles. The van der Waals surface area contributed by atoms with E-state index in [1.807, 2.05) is 10.8 Å². The third-order valence-corrected chi connectivity index (χ3v) is 5.91. The number of esters is 1. The van der Waals surface area contributed by atoms with E-state index in [0.717, 1.165) is 21.4 Å². The Labute approximate surface area is 167 Å². The van der Waals surface area contributed by atoms with E-state index >= 15 is 0 Å². The Morgan fingerprint density at radius 1 is 1.15 bits per heavy atom. The fourth-order valence-corrected chi connectivity index (χ4v) is 3.86. The SMILES string of the molecule is COC(=O)C=C(OC)C(C)C(O)C=Cc1csc(-c2csc(C(C)C)n2)n1. The minimum absolute atomic E-state index is 0.349. The summed E-state index contributed by atoms with van der Waals surface area (Å²) in [6.45, 7) is 6.00. The highest BCUT2D eigenvalue weighted by Gasteiger charge is 2.19. The van der Waals surface area contributed by atoms with Crippen LogP contribution < -0.4 is 0 Å². The van der Waals surface area contributed by atoms with Gasteiger partial charge in [0, 0.05) is 22.6 Å². The molecule has 0 aliphatic carbocycles. The van der Waals surface area contributed by atoms with E-state index < -0.39 is 18.0 Å². The van der Waals surface area contributed by atoms with Crippen LogP contribution in [0.5, 0.6) is 0 Å². The Kier molecular flexibility index (Phi) is 7.70. The molecular weight excluding hydrogens is 384 g/mol. The molecule has 0 radical (unpaired) electrons. The van der Waals surface area contributed by atoms with Gasteiger partial charge in [-0.1, -0.05) is 26.8 Å². The van der Waals surface area contributed by atoms with Crippen LogP contribution >= 0.6 is 22.7 Å². The number of hydrogen-bond acceptors (Lipinski definition) is 8. The fourth-order valence-electron chi connectivity index (χ4n) is 2.21. The van der Waals surface area contributed by atoms with Gasteiger partial charge in [0.05, 0.1) is 37.1 Å². The Bertz CT molecular complexity index is 823. The van der Waals surface area contributed by atoms with Crippen LogP contribution in [0.2, 0.25) is 0 Å². The van der Waals surface area contributed by atoms with Crippen LogP contribution in [0.4, 0.5) is 0 Å². The van der Waals surface area contributed by atoms with Gasteiger partial charge in [-0.3, -0.25) is 0 Å². The molecule has 8 heteroatoms. The van der Waals surface area contributed by atoms with Crippen molar-refractivity contribution in [3.05, 3.63) is 39.4 Å². The highest BCUT2D eigenvalue weighted by Crippen LogP contribution is 2.29. The smallest absolute Gasteiger partial charge is 0.333 e. The van der Waals surface area contributed by atoms with Crippen LogP contribution in [0, 0.1) is 5.92 Å². The summed E-state index contributed by atoms with van der Waals surface area (Å²) in [5, 5.41) is 16.2. The van der Waals surface area contributed by atoms with Gasteiger partial charge in [-0.15, -0.1) is 22.7 Å². The largest absolute Gasteiger partial charge is 0.500 e. The molecular formula is C19H24N2O4S2. The van der Waals surface area contributed by atoms with E-state index in [-0.39, 0.29) is 0 Å².